The third-order valence-electron chi connectivity index (χ3n) is 4.94. The average molecular weight is 455 g/mol. The van der Waals surface area contributed by atoms with Gasteiger partial charge in [0, 0.05) is 49.5 Å². The van der Waals surface area contributed by atoms with E-state index >= 15 is 0 Å². The largest absolute Gasteiger partial charge is 0.417 e. The number of nitrogens with zero attached hydrogens (tertiary/aromatic N) is 3. The number of nitrogens with one attached hydrogen (secondary N) is 1. The molecule has 31 heavy (non-hydrogen) atoms. The first kappa shape index (κ1) is 22.9. The summed E-state index contributed by atoms with van der Waals surface area (Å²) in [5, 5.41) is 2.69. The van der Waals surface area contributed by atoms with E-state index in [4.69, 9.17) is 11.6 Å². The highest BCUT2D eigenvalue weighted by atomic mass is 35.5. The molecule has 0 unspecified atom stereocenters. The molecule has 0 atom stereocenters. The van der Waals surface area contributed by atoms with Gasteiger partial charge in [0.2, 0.25) is 5.91 Å². The van der Waals surface area contributed by atoms with Gasteiger partial charge in [0.1, 0.15) is 5.82 Å². The van der Waals surface area contributed by atoms with Crippen LogP contribution in [0.15, 0.2) is 36.5 Å². The molecule has 3 rings (SSSR count). The Balaban J connectivity index is 1.60. The molecular weight excluding hydrogens is 433 g/mol. The van der Waals surface area contributed by atoms with Crippen LogP contribution in [0.3, 0.4) is 0 Å². The van der Waals surface area contributed by atoms with E-state index in [-0.39, 0.29) is 28.6 Å². The first-order chi connectivity index (χ1) is 14.6. The quantitative estimate of drug-likeness (QED) is 0.747. The second-order valence-electron chi connectivity index (χ2n) is 7.53. The van der Waals surface area contributed by atoms with Crippen LogP contribution in [0.5, 0.6) is 0 Å². The zero-order valence-electron chi connectivity index (χ0n) is 17.0. The van der Waals surface area contributed by atoms with Crippen molar-refractivity contribution in [1.29, 1.82) is 0 Å². The molecule has 2 amide bonds. The lowest BCUT2D eigenvalue weighted by atomic mass is 10.1. The number of alkyl halides is 3. The molecule has 0 bridgehead atoms. The van der Waals surface area contributed by atoms with Gasteiger partial charge in [0.15, 0.2) is 0 Å². The van der Waals surface area contributed by atoms with Gasteiger partial charge in [-0.2, -0.15) is 13.2 Å². The van der Waals surface area contributed by atoms with Gasteiger partial charge in [-0.25, -0.2) is 4.98 Å². The molecule has 1 aromatic heterocycles. The number of rotatable bonds is 4. The minimum absolute atomic E-state index is 0.0753. The van der Waals surface area contributed by atoms with Gasteiger partial charge in [-0.1, -0.05) is 25.4 Å². The van der Waals surface area contributed by atoms with Crippen molar-refractivity contribution in [2.75, 3.05) is 36.4 Å². The first-order valence-electron chi connectivity index (χ1n) is 9.74. The van der Waals surface area contributed by atoms with Crippen LogP contribution in [0.2, 0.25) is 5.02 Å². The van der Waals surface area contributed by atoms with Crippen molar-refractivity contribution in [3.63, 3.8) is 0 Å². The summed E-state index contributed by atoms with van der Waals surface area (Å²) in [6.07, 6.45) is -3.74. The Morgan fingerprint density at radius 2 is 1.71 bits per heavy atom. The third kappa shape index (κ3) is 5.46. The summed E-state index contributed by atoms with van der Waals surface area (Å²) in [5.41, 5.74) is 0.202. The van der Waals surface area contributed by atoms with Crippen molar-refractivity contribution in [2.24, 2.45) is 5.92 Å². The molecular formula is C21H22ClF3N4O2. The number of benzene rings is 1. The number of piperazine rings is 1. The molecule has 6 nitrogen and oxygen atoms in total. The fourth-order valence-corrected chi connectivity index (χ4v) is 3.39. The number of carbonyl (C=O) groups excluding carboxylic acids is 2. The Bertz CT molecular complexity index is 956. The van der Waals surface area contributed by atoms with Gasteiger partial charge in [-0.05, 0) is 30.3 Å². The Labute approximate surface area is 183 Å². The number of hydrogen-bond acceptors (Lipinski definition) is 4. The topological polar surface area (TPSA) is 65.5 Å². The number of hydrogen-bond donors (Lipinski definition) is 1. The van der Waals surface area contributed by atoms with Gasteiger partial charge in [0.05, 0.1) is 10.6 Å². The fourth-order valence-electron chi connectivity index (χ4n) is 3.11. The highest BCUT2D eigenvalue weighted by Crippen LogP contribution is 2.33. The summed E-state index contributed by atoms with van der Waals surface area (Å²) in [6, 6.07) is 7.52. The molecule has 166 valence electrons. The van der Waals surface area contributed by atoms with Crippen LogP contribution in [-0.4, -0.2) is 47.9 Å². The summed E-state index contributed by atoms with van der Waals surface area (Å²) in [7, 11) is 0. The Morgan fingerprint density at radius 3 is 2.23 bits per heavy atom. The average Bonchev–Trinajstić information content (AvgIpc) is 2.73. The van der Waals surface area contributed by atoms with Crippen molar-refractivity contribution < 1.29 is 22.8 Å². The summed E-state index contributed by atoms with van der Waals surface area (Å²) >= 11 is 6.02. The Morgan fingerprint density at radius 1 is 1.10 bits per heavy atom. The molecule has 2 aromatic rings. The standard InChI is InChI=1S/C21H22ClF3N4O2/c1-13(2)19(30)27-16-5-3-14(4-6-16)20(31)29-9-7-28(8-10-29)18-17(22)11-15(12-26-18)21(23,24)25/h3-6,11-13H,7-10H2,1-2H3,(H,27,30). The van der Waals surface area contributed by atoms with Crippen molar-refractivity contribution in [3.05, 3.63) is 52.7 Å². The maximum Gasteiger partial charge on any atom is 0.417 e. The lowest BCUT2D eigenvalue weighted by molar-refractivity contribution is -0.137. The van der Waals surface area contributed by atoms with Crippen molar-refractivity contribution in [2.45, 2.75) is 20.0 Å². The molecule has 0 radical (unpaired) electrons. The lowest BCUT2D eigenvalue weighted by Gasteiger charge is -2.35. The fraction of sp³-hybridized carbons (Fsp3) is 0.381. The lowest BCUT2D eigenvalue weighted by Crippen LogP contribution is -2.49. The van der Waals surface area contributed by atoms with E-state index in [1.807, 2.05) is 0 Å². The molecule has 2 heterocycles. The zero-order valence-corrected chi connectivity index (χ0v) is 17.8. The van der Waals surface area contributed by atoms with E-state index in [2.05, 4.69) is 10.3 Å². The molecule has 0 saturated carbocycles. The van der Waals surface area contributed by atoms with Gasteiger partial charge in [-0.3, -0.25) is 9.59 Å². The van der Waals surface area contributed by atoms with E-state index in [0.29, 0.717) is 37.4 Å². The number of halogens is 4. The van der Waals surface area contributed by atoms with Gasteiger partial charge < -0.3 is 15.1 Å². The highest BCUT2D eigenvalue weighted by Gasteiger charge is 2.32. The van der Waals surface area contributed by atoms with E-state index in [9.17, 15) is 22.8 Å². The highest BCUT2D eigenvalue weighted by molar-refractivity contribution is 6.33. The van der Waals surface area contributed by atoms with Gasteiger partial charge in [0.25, 0.3) is 5.91 Å². The van der Waals surface area contributed by atoms with Crippen molar-refractivity contribution in [3.8, 4) is 0 Å². The van der Waals surface area contributed by atoms with E-state index < -0.39 is 11.7 Å². The van der Waals surface area contributed by atoms with Crippen molar-refractivity contribution in [1.82, 2.24) is 9.88 Å². The van der Waals surface area contributed by atoms with Crippen LogP contribution in [0.25, 0.3) is 0 Å². The maximum absolute atomic E-state index is 12.8. The van der Waals surface area contributed by atoms with Crippen molar-refractivity contribution >= 4 is 34.9 Å². The number of aromatic nitrogens is 1. The molecule has 1 fully saturated rings. The first-order valence-corrected chi connectivity index (χ1v) is 10.1. The second kappa shape index (κ2) is 9.13. The molecule has 1 N–H and O–H groups in total. The summed E-state index contributed by atoms with van der Waals surface area (Å²) in [4.78, 5) is 31.8. The molecule has 1 aromatic carbocycles. The summed E-state index contributed by atoms with van der Waals surface area (Å²) < 4.78 is 38.4. The predicted octanol–water partition coefficient (Wildman–Crippen LogP) is 4.31. The van der Waals surface area contributed by atoms with E-state index in [0.717, 1.165) is 12.3 Å². The number of anilines is 2. The minimum Gasteiger partial charge on any atom is -0.352 e. The van der Waals surface area contributed by atoms with E-state index in [1.54, 1.807) is 47.9 Å². The predicted molar refractivity (Wildman–Crippen MR) is 112 cm³/mol. The van der Waals surface area contributed by atoms with Crippen LogP contribution in [0.4, 0.5) is 24.7 Å². The molecule has 1 saturated heterocycles. The monoisotopic (exact) mass is 454 g/mol. The van der Waals surface area contributed by atoms with Crippen LogP contribution in [0.1, 0.15) is 29.8 Å². The van der Waals surface area contributed by atoms with E-state index in [1.165, 1.54) is 0 Å². The van der Waals surface area contributed by atoms with Crippen LogP contribution < -0.4 is 10.2 Å². The molecule has 0 aliphatic carbocycles. The normalized spacial score (nSPS) is 14.7. The number of carbonyl (C=O) groups is 2. The summed E-state index contributed by atoms with van der Waals surface area (Å²) in [5.74, 6) is -0.143. The SMILES string of the molecule is CC(C)C(=O)Nc1ccc(C(=O)N2CCN(c3ncc(C(F)(F)F)cc3Cl)CC2)cc1. The smallest absolute Gasteiger partial charge is 0.352 e. The zero-order chi connectivity index (χ0) is 22.8. The molecule has 1 aliphatic rings. The maximum atomic E-state index is 12.8. The Hall–Kier alpha value is -2.81. The van der Waals surface area contributed by atoms with Crippen LogP contribution >= 0.6 is 11.6 Å². The molecule has 1 aliphatic heterocycles. The van der Waals surface area contributed by atoms with Gasteiger partial charge in [-0.15, -0.1) is 0 Å². The summed E-state index contributed by atoms with van der Waals surface area (Å²) in [6.45, 7) is 5.13. The molecule has 0 spiro atoms. The minimum atomic E-state index is -4.51. The Kier molecular flexibility index (Phi) is 6.74. The number of amides is 2. The van der Waals surface area contributed by atoms with Crippen LogP contribution in [0, 0.1) is 5.92 Å². The number of pyridine rings is 1. The second-order valence-corrected chi connectivity index (χ2v) is 7.93. The molecule has 10 heteroatoms. The third-order valence-corrected chi connectivity index (χ3v) is 5.22. The van der Waals surface area contributed by atoms with Crippen LogP contribution in [-0.2, 0) is 11.0 Å². The van der Waals surface area contributed by atoms with Gasteiger partial charge >= 0.3 is 6.18 Å².